The highest BCUT2D eigenvalue weighted by Gasteiger charge is 2.44. The highest BCUT2D eigenvalue weighted by molar-refractivity contribution is 7.80. The van der Waals surface area contributed by atoms with Crippen LogP contribution in [0.1, 0.15) is 68.4 Å². The van der Waals surface area contributed by atoms with Gasteiger partial charge in [-0.05, 0) is 62.2 Å². The van der Waals surface area contributed by atoms with Crippen molar-refractivity contribution in [1.82, 2.24) is 19.8 Å². The first kappa shape index (κ1) is 19.1. The van der Waals surface area contributed by atoms with E-state index >= 15 is 0 Å². The molecule has 1 N–H and O–H groups in total. The molecule has 2 aromatic rings. The van der Waals surface area contributed by atoms with Crippen LogP contribution in [0.15, 0.2) is 42.7 Å². The fourth-order valence-corrected chi connectivity index (χ4v) is 5.69. The molecule has 0 bridgehead atoms. The van der Waals surface area contributed by atoms with Gasteiger partial charge in [-0.25, -0.2) is 0 Å². The number of nitrogens with one attached hydrogen (secondary N) is 1. The number of hydrogen-bond acceptors (Lipinski definition) is 3. The van der Waals surface area contributed by atoms with Crippen molar-refractivity contribution in [2.45, 2.75) is 75.7 Å². The SMILES string of the molecule is S=C1N[C@H](c2ccccn2)[C@H](c2cccn2C[C@@H]2CCCO2)N1C1CCCCC1. The Morgan fingerprint density at radius 2 is 1.97 bits per heavy atom. The summed E-state index contributed by atoms with van der Waals surface area (Å²) in [6, 6.07) is 11.3. The number of nitrogens with zero attached hydrogens (tertiary/aromatic N) is 3. The van der Waals surface area contributed by atoms with Gasteiger partial charge in [-0.1, -0.05) is 25.3 Å². The molecular weight excluding hydrogens is 380 g/mol. The summed E-state index contributed by atoms with van der Waals surface area (Å²) in [4.78, 5) is 7.18. The van der Waals surface area contributed by atoms with Gasteiger partial charge < -0.3 is 19.5 Å². The lowest BCUT2D eigenvalue weighted by Crippen LogP contribution is -2.41. The second-order valence-corrected chi connectivity index (χ2v) is 8.93. The maximum atomic E-state index is 5.93. The molecule has 5 rings (SSSR count). The Kier molecular flexibility index (Phi) is 5.55. The van der Waals surface area contributed by atoms with Crippen LogP contribution in [0, 0.1) is 0 Å². The topological polar surface area (TPSA) is 42.3 Å². The summed E-state index contributed by atoms with van der Waals surface area (Å²) in [5.41, 5.74) is 2.37. The maximum absolute atomic E-state index is 5.93. The summed E-state index contributed by atoms with van der Waals surface area (Å²) >= 11 is 5.89. The fraction of sp³-hybridized carbons (Fsp3) is 0.565. The number of ether oxygens (including phenoxy) is 1. The van der Waals surface area contributed by atoms with E-state index in [9.17, 15) is 0 Å². The van der Waals surface area contributed by atoms with E-state index < -0.39 is 0 Å². The van der Waals surface area contributed by atoms with Crippen LogP contribution in [0.5, 0.6) is 0 Å². The van der Waals surface area contributed by atoms with Gasteiger partial charge in [0, 0.05) is 37.3 Å². The lowest BCUT2D eigenvalue weighted by Gasteiger charge is -2.37. The zero-order chi connectivity index (χ0) is 19.6. The molecule has 29 heavy (non-hydrogen) atoms. The molecule has 0 spiro atoms. The van der Waals surface area contributed by atoms with E-state index in [0.717, 1.165) is 30.4 Å². The van der Waals surface area contributed by atoms with E-state index in [0.29, 0.717) is 12.1 Å². The molecule has 0 amide bonds. The Hall–Kier alpha value is -1.92. The lowest BCUT2D eigenvalue weighted by atomic mass is 9.92. The molecule has 1 aliphatic carbocycles. The van der Waals surface area contributed by atoms with Gasteiger partial charge in [-0.3, -0.25) is 4.98 Å². The largest absolute Gasteiger partial charge is 0.376 e. The van der Waals surface area contributed by atoms with E-state index in [2.05, 4.69) is 50.2 Å². The van der Waals surface area contributed by atoms with Crippen LogP contribution >= 0.6 is 12.2 Å². The first-order chi connectivity index (χ1) is 14.3. The number of hydrogen-bond donors (Lipinski definition) is 1. The Bertz CT molecular complexity index is 826. The molecule has 3 fully saturated rings. The van der Waals surface area contributed by atoms with Crippen molar-refractivity contribution < 1.29 is 4.74 Å². The van der Waals surface area contributed by atoms with E-state index in [1.54, 1.807) is 0 Å². The van der Waals surface area contributed by atoms with Crippen molar-refractivity contribution in [2.75, 3.05) is 6.61 Å². The van der Waals surface area contributed by atoms with Gasteiger partial charge in [0.05, 0.1) is 23.9 Å². The molecule has 6 heteroatoms. The molecule has 0 aromatic carbocycles. The maximum Gasteiger partial charge on any atom is 0.170 e. The molecule has 3 atom stereocenters. The number of pyridine rings is 1. The molecule has 2 aliphatic heterocycles. The van der Waals surface area contributed by atoms with Crippen LogP contribution < -0.4 is 5.32 Å². The second kappa shape index (κ2) is 8.44. The van der Waals surface area contributed by atoms with Crippen LogP contribution in [0.3, 0.4) is 0 Å². The van der Waals surface area contributed by atoms with Crippen LogP contribution in [-0.2, 0) is 11.3 Å². The smallest absolute Gasteiger partial charge is 0.170 e. The fourth-order valence-electron chi connectivity index (χ4n) is 5.30. The third-order valence-electron chi connectivity index (χ3n) is 6.70. The summed E-state index contributed by atoms with van der Waals surface area (Å²) in [5, 5.41) is 4.50. The highest BCUT2D eigenvalue weighted by Crippen LogP contribution is 2.42. The van der Waals surface area contributed by atoms with Crippen LogP contribution in [0.4, 0.5) is 0 Å². The summed E-state index contributed by atoms with van der Waals surface area (Å²) in [6.45, 7) is 1.81. The quantitative estimate of drug-likeness (QED) is 0.742. The van der Waals surface area contributed by atoms with Gasteiger partial charge in [0.25, 0.3) is 0 Å². The molecule has 3 aliphatic rings. The molecule has 0 radical (unpaired) electrons. The third-order valence-corrected chi connectivity index (χ3v) is 7.02. The van der Waals surface area contributed by atoms with Crippen molar-refractivity contribution in [1.29, 1.82) is 0 Å². The minimum atomic E-state index is 0.0729. The monoisotopic (exact) mass is 410 g/mol. The summed E-state index contributed by atoms with van der Waals surface area (Å²) in [6.07, 6.45) is 13.1. The average Bonchev–Trinajstić information content (AvgIpc) is 3.50. The van der Waals surface area contributed by atoms with Gasteiger partial charge in [-0.15, -0.1) is 0 Å². The number of aromatic nitrogens is 2. The van der Waals surface area contributed by atoms with E-state index in [-0.39, 0.29) is 12.1 Å². The minimum Gasteiger partial charge on any atom is -0.376 e. The predicted octanol–water partition coefficient (Wildman–Crippen LogP) is 4.37. The molecule has 0 unspecified atom stereocenters. The van der Waals surface area contributed by atoms with Crippen LogP contribution in [0.2, 0.25) is 0 Å². The molecular formula is C23H30N4OS. The molecule has 154 valence electrons. The molecule has 2 saturated heterocycles. The molecule has 2 aromatic heterocycles. The third kappa shape index (κ3) is 3.80. The Balaban J connectivity index is 1.51. The van der Waals surface area contributed by atoms with Crippen molar-refractivity contribution in [3.8, 4) is 0 Å². The van der Waals surface area contributed by atoms with Gasteiger partial charge >= 0.3 is 0 Å². The van der Waals surface area contributed by atoms with Crippen molar-refractivity contribution in [3.63, 3.8) is 0 Å². The van der Waals surface area contributed by atoms with Gasteiger partial charge in [0.15, 0.2) is 5.11 Å². The zero-order valence-corrected chi connectivity index (χ0v) is 17.7. The highest BCUT2D eigenvalue weighted by atomic mass is 32.1. The first-order valence-corrected chi connectivity index (χ1v) is 11.5. The normalized spacial score (nSPS) is 28.1. The van der Waals surface area contributed by atoms with E-state index in [4.69, 9.17) is 17.0 Å². The van der Waals surface area contributed by atoms with Crippen molar-refractivity contribution in [2.24, 2.45) is 0 Å². The minimum absolute atomic E-state index is 0.0729. The first-order valence-electron chi connectivity index (χ1n) is 11.1. The second-order valence-electron chi connectivity index (χ2n) is 8.55. The summed E-state index contributed by atoms with van der Waals surface area (Å²) < 4.78 is 8.32. The van der Waals surface area contributed by atoms with E-state index in [1.807, 2.05) is 12.3 Å². The molecule has 1 saturated carbocycles. The van der Waals surface area contributed by atoms with Crippen molar-refractivity contribution in [3.05, 3.63) is 54.1 Å². The zero-order valence-electron chi connectivity index (χ0n) is 16.9. The van der Waals surface area contributed by atoms with Gasteiger partial charge in [0.1, 0.15) is 0 Å². The number of rotatable bonds is 5. The standard InChI is InChI=1S/C23H30N4OS/c29-23-25-21(19-11-4-5-13-24-19)22(27(23)17-8-2-1-3-9-17)20-12-6-14-26(20)16-18-10-7-15-28-18/h4-6,11-14,17-18,21-22H,1-3,7-10,15-16H2,(H,25,29)/t18-,21+,22-/m0/s1. The summed E-state index contributed by atoms with van der Waals surface area (Å²) in [7, 11) is 0. The Morgan fingerprint density at radius 1 is 1.07 bits per heavy atom. The Morgan fingerprint density at radius 3 is 2.72 bits per heavy atom. The Labute approximate surface area is 178 Å². The summed E-state index contributed by atoms with van der Waals surface area (Å²) in [5.74, 6) is 0. The van der Waals surface area contributed by atoms with Crippen LogP contribution in [0.25, 0.3) is 0 Å². The van der Waals surface area contributed by atoms with Gasteiger partial charge in [-0.2, -0.15) is 0 Å². The molecule has 5 nitrogen and oxygen atoms in total. The molecule has 4 heterocycles. The number of thiocarbonyl (C=S) groups is 1. The predicted molar refractivity (Wildman–Crippen MR) is 118 cm³/mol. The van der Waals surface area contributed by atoms with Crippen molar-refractivity contribution >= 4 is 17.3 Å². The van der Waals surface area contributed by atoms with E-state index in [1.165, 1.54) is 44.2 Å². The lowest BCUT2D eigenvalue weighted by molar-refractivity contribution is 0.0945. The van der Waals surface area contributed by atoms with Crippen LogP contribution in [-0.4, -0.2) is 38.3 Å². The average molecular weight is 411 g/mol. The van der Waals surface area contributed by atoms with Gasteiger partial charge in [0.2, 0.25) is 0 Å².